The van der Waals surface area contributed by atoms with Crippen LogP contribution < -0.4 is 5.32 Å². The number of hydrogen-bond donors (Lipinski definition) is 2. The first kappa shape index (κ1) is 10.3. The fraction of sp³-hybridized carbons (Fsp3) is 0.182. The van der Waals surface area contributed by atoms with E-state index in [0.29, 0.717) is 11.3 Å². The van der Waals surface area contributed by atoms with Gasteiger partial charge >= 0.3 is 0 Å². The minimum absolute atomic E-state index is 0.0440. The Kier molecular flexibility index (Phi) is 2.92. The van der Waals surface area contributed by atoms with Gasteiger partial charge in [0, 0.05) is 12.5 Å². The van der Waals surface area contributed by atoms with Crippen molar-refractivity contribution in [1.82, 2.24) is 0 Å². The first-order chi connectivity index (χ1) is 6.50. The maximum Gasteiger partial charge on any atom is 0.221 e. The number of anilines is 1. The van der Waals surface area contributed by atoms with E-state index in [2.05, 4.69) is 11.9 Å². The molecule has 0 aliphatic rings. The molecule has 0 saturated heterocycles. The summed E-state index contributed by atoms with van der Waals surface area (Å²) in [6.45, 7) is 6.77. The lowest BCUT2D eigenvalue weighted by Crippen LogP contribution is -2.07. The van der Waals surface area contributed by atoms with Crippen LogP contribution in [0.25, 0.3) is 5.76 Å². The van der Waals surface area contributed by atoms with Crippen molar-refractivity contribution < 1.29 is 9.90 Å². The van der Waals surface area contributed by atoms with Crippen LogP contribution in [0.1, 0.15) is 18.1 Å². The fourth-order valence-electron chi connectivity index (χ4n) is 1.20. The Labute approximate surface area is 83.1 Å². The summed E-state index contributed by atoms with van der Waals surface area (Å²) in [5.74, 6) is -0.214. The van der Waals surface area contributed by atoms with Crippen LogP contribution in [-0.4, -0.2) is 11.0 Å². The summed E-state index contributed by atoms with van der Waals surface area (Å²) < 4.78 is 0. The van der Waals surface area contributed by atoms with Crippen molar-refractivity contribution >= 4 is 17.4 Å². The van der Waals surface area contributed by atoms with Crippen molar-refractivity contribution in [2.75, 3.05) is 5.32 Å². The first-order valence-corrected chi connectivity index (χ1v) is 4.27. The molecule has 1 aromatic carbocycles. The van der Waals surface area contributed by atoms with Crippen molar-refractivity contribution in [2.45, 2.75) is 13.8 Å². The van der Waals surface area contributed by atoms with E-state index in [9.17, 15) is 9.90 Å². The molecular formula is C11H13NO2. The van der Waals surface area contributed by atoms with Crippen LogP contribution >= 0.6 is 0 Å². The van der Waals surface area contributed by atoms with E-state index in [1.165, 1.54) is 6.92 Å². The summed E-state index contributed by atoms with van der Waals surface area (Å²) in [7, 11) is 0. The maximum atomic E-state index is 10.9. The van der Waals surface area contributed by atoms with Gasteiger partial charge in [-0.25, -0.2) is 0 Å². The fourth-order valence-corrected chi connectivity index (χ4v) is 1.20. The van der Waals surface area contributed by atoms with Crippen molar-refractivity contribution in [3.8, 4) is 0 Å². The normalized spacial score (nSPS) is 9.57. The standard InChI is InChI=1S/C11H13NO2/c1-7-4-5-11(12-9(3)14)10(6-7)8(2)13/h4-6,13H,2H2,1,3H3,(H,12,14). The van der Waals surface area contributed by atoms with E-state index in [0.717, 1.165) is 5.56 Å². The van der Waals surface area contributed by atoms with Crippen molar-refractivity contribution in [3.05, 3.63) is 35.9 Å². The number of hydrogen-bond acceptors (Lipinski definition) is 2. The number of aryl methyl sites for hydroxylation is 1. The summed E-state index contributed by atoms with van der Waals surface area (Å²) in [5, 5.41) is 11.9. The highest BCUT2D eigenvalue weighted by Crippen LogP contribution is 2.22. The molecule has 0 aliphatic carbocycles. The van der Waals surface area contributed by atoms with Crippen LogP contribution in [0.4, 0.5) is 5.69 Å². The Balaban J connectivity index is 3.14. The number of aliphatic hydroxyl groups excluding tert-OH is 1. The molecule has 3 heteroatoms. The predicted octanol–water partition coefficient (Wildman–Crippen LogP) is 2.48. The third-order valence-electron chi connectivity index (χ3n) is 1.80. The summed E-state index contributed by atoms with van der Waals surface area (Å²) in [6, 6.07) is 5.37. The lowest BCUT2D eigenvalue weighted by molar-refractivity contribution is -0.114. The van der Waals surface area contributed by atoms with E-state index in [4.69, 9.17) is 0 Å². The van der Waals surface area contributed by atoms with Crippen molar-refractivity contribution in [1.29, 1.82) is 0 Å². The second-order valence-electron chi connectivity index (χ2n) is 3.18. The molecule has 0 unspecified atom stereocenters. The molecule has 2 N–H and O–H groups in total. The van der Waals surface area contributed by atoms with E-state index >= 15 is 0 Å². The van der Waals surface area contributed by atoms with Gasteiger partial charge in [-0.1, -0.05) is 18.2 Å². The summed E-state index contributed by atoms with van der Waals surface area (Å²) in [4.78, 5) is 10.9. The van der Waals surface area contributed by atoms with Crippen LogP contribution in [0, 0.1) is 6.92 Å². The highest BCUT2D eigenvalue weighted by atomic mass is 16.3. The molecule has 0 saturated carbocycles. The molecule has 0 heterocycles. The zero-order valence-electron chi connectivity index (χ0n) is 8.29. The van der Waals surface area contributed by atoms with Crippen molar-refractivity contribution in [3.63, 3.8) is 0 Å². The molecular weight excluding hydrogens is 178 g/mol. The van der Waals surface area contributed by atoms with Gasteiger partial charge in [-0.3, -0.25) is 4.79 Å². The highest BCUT2D eigenvalue weighted by molar-refractivity contribution is 5.91. The minimum atomic E-state index is -0.170. The topological polar surface area (TPSA) is 49.3 Å². The van der Waals surface area contributed by atoms with Gasteiger partial charge in [0.15, 0.2) is 0 Å². The highest BCUT2D eigenvalue weighted by Gasteiger charge is 2.06. The molecule has 0 atom stereocenters. The average Bonchev–Trinajstić information content (AvgIpc) is 2.07. The molecule has 0 spiro atoms. The average molecular weight is 191 g/mol. The molecule has 1 aromatic rings. The van der Waals surface area contributed by atoms with Gasteiger partial charge in [-0.05, 0) is 19.1 Å². The van der Waals surface area contributed by atoms with Crippen molar-refractivity contribution in [2.24, 2.45) is 0 Å². The number of nitrogens with one attached hydrogen (secondary N) is 1. The van der Waals surface area contributed by atoms with E-state index in [-0.39, 0.29) is 11.7 Å². The smallest absolute Gasteiger partial charge is 0.221 e. The van der Waals surface area contributed by atoms with Crippen LogP contribution in [0.5, 0.6) is 0 Å². The lowest BCUT2D eigenvalue weighted by Gasteiger charge is -2.09. The van der Waals surface area contributed by atoms with E-state index in [1.54, 1.807) is 12.1 Å². The number of amides is 1. The number of carbonyl (C=O) groups excluding carboxylic acids is 1. The summed E-state index contributed by atoms with van der Waals surface area (Å²) in [6.07, 6.45) is 0. The number of carbonyl (C=O) groups is 1. The molecule has 3 nitrogen and oxygen atoms in total. The molecule has 0 aromatic heterocycles. The zero-order valence-corrected chi connectivity index (χ0v) is 8.29. The number of aliphatic hydroxyl groups is 1. The second kappa shape index (κ2) is 3.96. The van der Waals surface area contributed by atoms with E-state index in [1.807, 2.05) is 13.0 Å². The molecule has 0 fully saturated rings. The second-order valence-corrected chi connectivity index (χ2v) is 3.18. The Morgan fingerprint density at radius 2 is 2.14 bits per heavy atom. The third-order valence-corrected chi connectivity index (χ3v) is 1.80. The van der Waals surface area contributed by atoms with Gasteiger partial charge < -0.3 is 10.4 Å². The minimum Gasteiger partial charge on any atom is -0.508 e. The molecule has 0 bridgehead atoms. The number of rotatable bonds is 2. The van der Waals surface area contributed by atoms with Gasteiger partial charge in [0.2, 0.25) is 5.91 Å². The quantitative estimate of drug-likeness (QED) is 0.705. The lowest BCUT2D eigenvalue weighted by atomic mass is 10.1. The first-order valence-electron chi connectivity index (χ1n) is 4.27. The predicted molar refractivity (Wildman–Crippen MR) is 57.1 cm³/mol. The summed E-state index contributed by atoms with van der Waals surface area (Å²) >= 11 is 0. The van der Waals surface area contributed by atoms with Crippen LogP contribution in [0.15, 0.2) is 24.8 Å². The van der Waals surface area contributed by atoms with E-state index < -0.39 is 0 Å². The Morgan fingerprint density at radius 1 is 1.50 bits per heavy atom. The SMILES string of the molecule is C=C(O)c1cc(C)ccc1NC(C)=O. The molecule has 74 valence electrons. The molecule has 1 amide bonds. The van der Waals surface area contributed by atoms with Gasteiger partial charge in [-0.15, -0.1) is 0 Å². The molecule has 0 aliphatic heterocycles. The molecule has 0 radical (unpaired) electrons. The largest absolute Gasteiger partial charge is 0.508 e. The zero-order chi connectivity index (χ0) is 10.7. The Hall–Kier alpha value is -1.77. The van der Waals surface area contributed by atoms with Crippen LogP contribution in [0.3, 0.4) is 0 Å². The monoisotopic (exact) mass is 191 g/mol. The summed E-state index contributed by atoms with van der Waals surface area (Å²) in [5.41, 5.74) is 2.14. The number of benzene rings is 1. The Morgan fingerprint density at radius 3 is 2.64 bits per heavy atom. The van der Waals surface area contributed by atoms with Gasteiger partial charge in [0.25, 0.3) is 0 Å². The van der Waals surface area contributed by atoms with Crippen LogP contribution in [-0.2, 0) is 4.79 Å². The Bertz CT molecular complexity index is 383. The van der Waals surface area contributed by atoms with Gasteiger partial charge in [0.1, 0.15) is 5.76 Å². The third kappa shape index (κ3) is 2.36. The maximum absolute atomic E-state index is 10.9. The van der Waals surface area contributed by atoms with Gasteiger partial charge in [0.05, 0.1) is 5.69 Å². The molecule has 1 rings (SSSR count). The van der Waals surface area contributed by atoms with Crippen LogP contribution in [0.2, 0.25) is 0 Å². The molecule has 14 heavy (non-hydrogen) atoms. The van der Waals surface area contributed by atoms with Gasteiger partial charge in [-0.2, -0.15) is 0 Å².